The largest absolute Gasteiger partial charge is 0.434 e. The fraction of sp³-hybridized carbons (Fsp3) is 0.235. The summed E-state index contributed by atoms with van der Waals surface area (Å²) in [5.74, 6) is 0.0109. The maximum Gasteiger partial charge on any atom is 0.387 e. The molecule has 1 aliphatic heterocycles. The molecule has 2 aromatic rings. The van der Waals surface area contributed by atoms with Gasteiger partial charge in [-0.15, -0.1) is 0 Å². The maximum atomic E-state index is 12.3. The number of nitrogens with one attached hydrogen (secondary N) is 1. The van der Waals surface area contributed by atoms with Gasteiger partial charge in [0.15, 0.2) is 0 Å². The molecule has 0 aliphatic carbocycles. The number of ether oxygens (including phenoxy) is 1. The molecule has 0 fully saturated rings. The van der Waals surface area contributed by atoms with Gasteiger partial charge in [-0.2, -0.15) is 8.78 Å². The summed E-state index contributed by atoms with van der Waals surface area (Å²) in [7, 11) is 0. The van der Waals surface area contributed by atoms with E-state index in [0.29, 0.717) is 29.7 Å². The molecule has 3 rings (SSSR count). The average Bonchev–Trinajstić information content (AvgIpc) is 2.70. The van der Waals surface area contributed by atoms with Crippen LogP contribution in [0.5, 0.6) is 5.75 Å². The molecule has 1 amide bonds. The van der Waals surface area contributed by atoms with Crippen molar-refractivity contribution in [2.45, 2.75) is 13.2 Å². The van der Waals surface area contributed by atoms with Crippen molar-refractivity contribution in [2.75, 3.05) is 18.0 Å². The fourth-order valence-corrected chi connectivity index (χ4v) is 3.20. The molecule has 4 nitrogen and oxygen atoms in total. The van der Waals surface area contributed by atoms with Crippen LogP contribution in [0, 0.1) is 0 Å². The number of amides is 1. The second-order valence-electron chi connectivity index (χ2n) is 5.34. The number of carbonyl (C=O) groups excluding carboxylic acids is 1. The first-order valence-electron chi connectivity index (χ1n) is 7.40. The van der Waals surface area contributed by atoms with Crippen LogP contribution in [0.15, 0.2) is 46.9 Å². The lowest BCUT2D eigenvalue weighted by Gasteiger charge is -2.24. The molecule has 0 atom stereocenters. The molecule has 0 aromatic heterocycles. The van der Waals surface area contributed by atoms with E-state index in [0.717, 1.165) is 11.3 Å². The number of hydrogen-bond acceptors (Lipinski definition) is 3. The first-order chi connectivity index (χ1) is 11.5. The molecule has 1 heterocycles. The van der Waals surface area contributed by atoms with Gasteiger partial charge in [0.05, 0.1) is 10.0 Å². The van der Waals surface area contributed by atoms with Crippen molar-refractivity contribution in [3.63, 3.8) is 0 Å². The SMILES string of the molecule is O=C1NCCN(Cc2ccc(OC(F)F)c(Br)c2)c2ccccc21. The Kier molecular flexibility index (Phi) is 4.99. The highest BCUT2D eigenvalue weighted by molar-refractivity contribution is 9.10. The molecule has 0 spiro atoms. The van der Waals surface area contributed by atoms with E-state index in [-0.39, 0.29) is 11.7 Å². The number of benzene rings is 2. The van der Waals surface area contributed by atoms with Gasteiger partial charge in [-0.1, -0.05) is 18.2 Å². The van der Waals surface area contributed by atoms with Crippen molar-refractivity contribution in [1.29, 1.82) is 0 Å². The number of fused-ring (bicyclic) bond motifs is 1. The monoisotopic (exact) mass is 396 g/mol. The second kappa shape index (κ2) is 7.17. The zero-order valence-electron chi connectivity index (χ0n) is 12.6. The van der Waals surface area contributed by atoms with E-state index >= 15 is 0 Å². The highest BCUT2D eigenvalue weighted by atomic mass is 79.9. The Morgan fingerprint density at radius 1 is 1.25 bits per heavy atom. The molecule has 0 unspecified atom stereocenters. The molecule has 24 heavy (non-hydrogen) atoms. The number of nitrogens with zero attached hydrogens (tertiary/aromatic N) is 1. The van der Waals surface area contributed by atoms with Gasteiger partial charge < -0.3 is 15.0 Å². The molecule has 126 valence electrons. The highest BCUT2D eigenvalue weighted by Crippen LogP contribution is 2.29. The molecule has 0 bridgehead atoms. The summed E-state index contributed by atoms with van der Waals surface area (Å²) in [6.45, 7) is -1.10. The van der Waals surface area contributed by atoms with Crippen molar-refractivity contribution in [3.8, 4) is 5.75 Å². The minimum absolute atomic E-state index is 0.0880. The van der Waals surface area contributed by atoms with Crippen LogP contribution >= 0.6 is 15.9 Å². The van der Waals surface area contributed by atoms with Gasteiger partial charge >= 0.3 is 6.61 Å². The number of rotatable bonds is 4. The average molecular weight is 397 g/mol. The van der Waals surface area contributed by atoms with E-state index in [4.69, 9.17) is 0 Å². The zero-order chi connectivity index (χ0) is 17.1. The van der Waals surface area contributed by atoms with Gasteiger partial charge in [0.2, 0.25) is 0 Å². The smallest absolute Gasteiger partial charge is 0.387 e. The lowest BCUT2D eigenvalue weighted by Crippen LogP contribution is -2.29. The summed E-state index contributed by atoms with van der Waals surface area (Å²) in [5, 5.41) is 2.87. The molecule has 0 radical (unpaired) electrons. The second-order valence-corrected chi connectivity index (χ2v) is 6.19. The number of para-hydroxylation sites is 1. The van der Waals surface area contributed by atoms with Crippen LogP contribution < -0.4 is 15.0 Å². The summed E-state index contributed by atoms with van der Waals surface area (Å²) >= 11 is 3.25. The summed E-state index contributed by atoms with van der Waals surface area (Å²) < 4.78 is 29.6. The number of alkyl halides is 2. The molecular formula is C17H15BrF2N2O2. The third-order valence-corrected chi connectivity index (χ3v) is 4.36. The van der Waals surface area contributed by atoms with Crippen LogP contribution in [0.1, 0.15) is 15.9 Å². The quantitative estimate of drug-likeness (QED) is 0.854. The van der Waals surface area contributed by atoms with E-state index in [1.54, 1.807) is 18.2 Å². The lowest BCUT2D eigenvalue weighted by atomic mass is 10.1. The van der Waals surface area contributed by atoms with Crippen LogP contribution in [0.25, 0.3) is 0 Å². The summed E-state index contributed by atoms with van der Waals surface area (Å²) in [6, 6.07) is 12.4. The first kappa shape index (κ1) is 16.7. The molecule has 2 aromatic carbocycles. The summed E-state index contributed by atoms with van der Waals surface area (Å²) in [4.78, 5) is 14.2. The maximum absolute atomic E-state index is 12.3. The van der Waals surface area contributed by atoms with Gasteiger partial charge in [0, 0.05) is 25.3 Å². The van der Waals surface area contributed by atoms with Crippen LogP contribution in [0.3, 0.4) is 0 Å². The van der Waals surface area contributed by atoms with Crippen LogP contribution in [0.4, 0.5) is 14.5 Å². The summed E-state index contributed by atoms with van der Waals surface area (Å²) in [6.07, 6.45) is 0. The van der Waals surface area contributed by atoms with Crippen molar-refractivity contribution in [2.24, 2.45) is 0 Å². The molecule has 7 heteroatoms. The molecule has 1 aliphatic rings. The molecular weight excluding hydrogens is 382 g/mol. The fourth-order valence-electron chi connectivity index (χ4n) is 2.68. The number of carbonyl (C=O) groups is 1. The van der Waals surface area contributed by atoms with Crippen molar-refractivity contribution < 1.29 is 18.3 Å². The predicted octanol–water partition coefficient (Wildman–Crippen LogP) is 3.80. The zero-order valence-corrected chi connectivity index (χ0v) is 14.2. The van der Waals surface area contributed by atoms with E-state index in [1.165, 1.54) is 6.07 Å². The topological polar surface area (TPSA) is 41.6 Å². The minimum atomic E-state index is -2.86. The van der Waals surface area contributed by atoms with E-state index in [1.807, 2.05) is 18.2 Å². The van der Waals surface area contributed by atoms with Crippen molar-refractivity contribution in [1.82, 2.24) is 5.32 Å². The standard InChI is InChI=1S/C17H15BrF2N2O2/c18-13-9-11(5-6-15(13)24-17(19)20)10-22-8-7-21-16(23)12-3-1-2-4-14(12)22/h1-6,9,17H,7-8,10H2,(H,21,23). The van der Waals surface area contributed by atoms with Gasteiger partial charge in [0.1, 0.15) is 5.75 Å². The van der Waals surface area contributed by atoms with Crippen LogP contribution in [-0.2, 0) is 6.54 Å². The minimum Gasteiger partial charge on any atom is -0.434 e. The Morgan fingerprint density at radius 2 is 2.04 bits per heavy atom. The third kappa shape index (κ3) is 3.67. The molecule has 0 saturated carbocycles. The lowest BCUT2D eigenvalue weighted by molar-refractivity contribution is -0.0503. The summed E-state index contributed by atoms with van der Waals surface area (Å²) in [5.41, 5.74) is 2.41. The van der Waals surface area contributed by atoms with Gasteiger partial charge in [0.25, 0.3) is 5.91 Å². The number of hydrogen-bond donors (Lipinski definition) is 1. The van der Waals surface area contributed by atoms with Gasteiger partial charge in [-0.05, 0) is 45.8 Å². The molecule has 1 N–H and O–H groups in total. The Bertz CT molecular complexity index is 755. The van der Waals surface area contributed by atoms with E-state index < -0.39 is 6.61 Å². The van der Waals surface area contributed by atoms with Crippen molar-refractivity contribution >= 4 is 27.5 Å². The normalized spacial score (nSPS) is 14.2. The Labute approximate surface area is 146 Å². The van der Waals surface area contributed by atoms with Crippen molar-refractivity contribution in [3.05, 3.63) is 58.1 Å². The molecule has 0 saturated heterocycles. The van der Waals surface area contributed by atoms with E-state index in [2.05, 4.69) is 30.9 Å². The Morgan fingerprint density at radius 3 is 2.79 bits per heavy atom. The number of halogens is 3. The van der Waals surface area contributed by atoms with E-state index in [9.17, 15) is 13.6 Å². The Hall–Kier alpha value is -2.15. The van der Waals surface area contributed by atoms with Crippen LogP contribution in [-0.4, -0.2) is 25.6 Å². The first-order valence-corrected chi connectivity index (χ1v) is 8.19. The number of anilines is 1. The third-order valence-electron chi connectivity index (χ3n) is 3.74. The highest BCUT2D eigenvalue weighted by Gasteiger charge is 2.20. The van der Waals surface area contributed by atoms with Gasteiger partial charge in [-0.3, -0.25) is 4.79 Å². The van der Waals surface area contributed by atoms with Crippen LogP contribution in [0.2, 0.25) is 0 Å². The predicted molar refractivity (Wildman–Crippen MR) is 90.6 cm³/mol. The Balaban J connectivity index is 1.84. The van der Waals surface area contributed by atoms with Gasteiger partial charge in [-0.25, -0.2) is 0 Å².